The maximum atomic E-state index is 3.12. The average molecular weight is 594 g/mol. The second kappa shape index (κ2) is 10.2. The van der Waals surface area contributed by atoms with E-state index in [1.807, 2.05) is 0 Å². The van der Waals surface area contributed by atoms with Gasteiger partial charge in [0, 0.05) is 0 Å². The Labute approximate surface area is 178 Å². The van der Waals surface area contributed by atoms with E-state index in [1.54, 1.807) is 0 Å². The number of alkyl halides is 4. The van der Waals surface area contributed by atoms with Gasteiger partial charge in [0.25, 0.3) is 0 Å². The van der Waals surface area contributed by atoms with Crippen LogP contribution in [0.4, 0.5) is 0 Å². The molecular weight excluding hydrogens is 579 g/mol. The summed E-state index contributed by atoms with van der Waals surface area (Å²) in [6, 6.07) is 32.3. The maximum absolute atomic E-state index is 3.12. The van der Waals surface area contributed by atoms with Crippen LogP contribution >= 0.6 is 71.6 Å². The molecule has 24 heavy (non-hydrogen) atoms. The van der Waals surface area contributed by atoms with Crippen molar-refractivity contribution in [3.8, 4) is 0 Å². The van der Waals surface area contributed by atoms with E-state index in [0.717, 1.165) is 0 Å². The Morgan fingerprint density at radius 2 is 0.667 bits per heavy atom. The summed E-state index contributed by atoms with van der Waals surface area (Å²) in [5, 5.41) is 4.19. The standard InChI is InChI=1S/C18H15P.CBr4/c1-4-10-16(11-5-1)19(17-12-6-2-7-13-17)18-14-8-3-9-15-18;2-1(3,4)5/h1-15H;. The van der Waals surface area contributed by atoms with Gasteiger partial charge in [-0.3, -0.25) is 0 Å². The summed E-state index contributed by atoms with van der Waals surface area (Å²) in [7, 11) is -0.446. The van der Waals surface area contributed by atoms with Gasteiger partial charge in [0.1, 0.15) is 0 Å². The van der Waals surface area contributed by atoms with Crippen molar-refractivity contribution in [1.29, 1.82) is 0 Å². The molecular formula is C19H15Br4P. The predicted octanol–water partition coefficient (Wildman–Crippen LogP) is 6.62. The highest BCUT2D eigenvalue weighted by atomic mass is 80.0. The minimum Gasteiger partial charge on any atom is -0.0622 e. The Balaban J connectivity index is 0.000000368. The van der Waals surface area contributed by atoms with Gasteiger partial charge < -0.3 is 0 Å². The highest BCUT2D eigenvalue weighted by Crippen LogP contribution is 2.39. The third-order valence-corrected chi connectivity index (χ3v) is 5.49. The van der Waals surface area contributed by atoms with Gasteiger partial charge in [-0.1, -0.05) is 91.0 Å². The van der Waals surface area contributed by atoms with Crippen LogP contribution in [0.3, 0.4) is 0 Å². The van der Waals surface area contributed by atoms with Crippen LogP contribution in [0.5, 0.6) is 0 Å². The zero-order chi connectivity index (χ0) is 17.4. The molecule has 124 valence electrons. The van der Waals surface area contributed by atoms with E-state index in [0.29, 0.717) is 0 Å². The van der Waals surface area contributed by atoms with Gasteiger partial charge in [-0.05, 0) is 87.6 Å². The van der Waals surface area contributed by atoms with Crippen LogP contribution in [-0.4, -0.2) is 1.05 Å². The third kappa shape index (κ3) is 7.49. The van der Waals surface area contributed by atoms with Gasteiger partial charge in [0.05, 0.1) is 0 Å². The molecule has 0 aliphatic rings. The molecule has 0 spiro atoms. The van der Waals surface area contributed by atoms with Crippen molar-refractivity contribution in [2.75, 3.05) is 0 Å². The summed E-state index contributed by atoms with van der Waals surface area (Å²) < 4.78 is -0.250. The van der Waals surface area contributed by atoms with Gasteiger partial charge in [0.15, 0.2) is 1.05 Å². The van der Waals surface area contributed by atoms with Crippen LogP contribution in [-0.2, 0) is 0 Å². The topological polar surface area (TPSA) is 0 Å². The summed E-state index contributed by atoms with van der Waals surface area (Å²) >= 11 is 12.5. The van der Waals surface area contributed by atoms with Crippen LogP contribution < -0.4 is 15.9 Å². The second-order valence-electron chi connectivity index (χ2n) is 4.77. The first-order chi connectivity index (χ1) is 11.4. The van der Waals surface area contributed by atoms with E-state index in [2.05, 4.69) is 155 Å². The number of rotatable bonds is 3. The fourth-order valence-electron chi connectivity index (χ4n) is 2.18. The molecule has 0 atom stereocenters. The monoisotopic (exact) mass is 590 g/mol. The zero-order valence-electron chi connectivity index (χ0n) is 12.6. The first-order valence-electron chi connectivity index (χ1n) is 7.16. The van der Waals surface area contributed by atoms with E-state index in [9.17, 15) is 0 Å². The van der Waals surface area contributed by atoms with Crippen molar-refractivity contribution in [2.45, 2.75) is 1.05 Å². The molecule has 0 saturated heterocycles. The van der Waals surface area contributed by atoms with Crippen molar-refractivity contribution in [2.24, 2.45) is 0 Å². The summed E-state index contributed by atoms with van der Waals surface area (Å²) in [6.07, 6.45) is 0. The average Bonchev–Trinajstić information content (AvgIpc) is 2.57. The van der Waals surface area contributed by atoms with Gasteiger partial charge in [0.2, 0.25) is 0 Å². The van der Waals surface area contributed by atoms with Crippen molar-refractivity contribution >= 4 is 87.6 Å². The quantitative estimate of drug-likeness (QED) is 0.237. The molecule has 0 aliphatic carbocycles. The van der Waals surface area contributed by atoms with Crippen LogP contribution in [0, 0.1) is 0 Å². The van der Waals surface area contributed by atoms with Gasteiger partial charge >= 0.3 is 0 Å². The normalized spacial score (nSPS) is 10.9. The lowest BCUT2D eigenvalue weighted by Gasteiger charge is -2.18. The molecule has 3 rings (SSSR count). The molecule has 0 heterocycles. The van der Waals surface area contributed by atoms with Crippen LogP contribution in [0.1, 0.15) is 0 Å². The Morgan fingerprint density at radius 3 is 0.875 bits per heavy atom. The molecule has 0 saturated carbocycles. The lowest BCUT2D eigenvalue weighted by atomic mass is 10.4. The third-order valence-electron chi connectivity index (χ3n) is 3.04. The molecule has 0 nitrogen and oxygen atoms in total. The molecule has 0 radical (unpaired) electrons. The van der Waals surface area contributed by atoms with Gasteiger partial charge in [-0.15, -0.1) is 0 Å². The van der Waals surface area contributed by atoms with Crippen molar-refractivity contribution in [3.63, 3.8) is 0 Å². The summed E-state index contributed by atoms with van der Waals surface area (Å²) in [5.74, 6) is 0. The first-order valence-corrected chi connectivity index (χ1v) is 11.7. The molecule has 0 unspecified atom stereocenters. The Hall–Kier alpha value is 0.0100. The van der Waals surface area contributed by atoms with E-state index in [-0.39, 0.29) is 1.05 Å². The van der Waals surface area contributed by atoms with Crippen LogP contribution in [0.2, 0.25) is 0 Å². The fraction of sp³-hybridized carbons (Fsp3) is 0.0526. The molecule has 0 aliphatic heterocycles. The predicted molar refractivity (Wildman–Crippen MR) is 124 cm³/mol. The van der Waals surface area contributed by atoms with Crippen LogP contribution in [0.25, 0.3) is 0 Å². The maximum Gasteiger partial charge on any atom is 0.189 e. The fourth-order valence-corrected chi connectivity index (χ4v) is 4.48. The highest BCUT2D eigenvalue weighted by Gasteiger charge is 2.14. The number of hydrogen-bond acceptors (Lipinski definition) is 0. The second-order valence-corrected chi connectivity index (χ2v) is 18.1. The molecule has 0 fully saturated rings. The van der Waals surface area contributed by atoms with Gasteiger partial charge in [-0.25, -0.2) is 0 Å². The Morgan fingerprint density at radius 1 is 0.458 bits per heavy atom. The number of halogens is 4. The molecule has 5 heteroatoms. The Bertz CT molecular complexity index is 613. The molecule has 3 aromatic rings. The zero-order valence-corrected chi connectivity index (χ0v) is 19.9. The van der Waals surface area contributed by atoms with E-state index >= 15 is 0 Å². The van der Waals surface area contributed by atoms with Gasteiger partial charge in [-0.2, -0.15) is 0 Å². The van der Waals surface area contributed by atoms with Crippen molar-refractivity contribution < 1.29 is 0 Å². The lowest BCUT2D eigenvalue weighted by molar-refractivity contribution is 1.74. The first kappa shape index (κ1) is 20.3. The number of hydrogen-bond donors (Lipinski definition) is 0. The van der Waals surface area contributed by atoms with Crippen molar-refractivity contribution in [3.05, 3.63) is 91.0 Å². The van der Waals surface area contributed by atoms with E-state index < -0.39 is 7.92 Å². The van der Waals surface area contributed by atoms with Crippen LogP contribution in [0.15, 0.2) is 91.0 Å². The SMILES string of the molecule is BrC(Br)(Br)Br.c1ccc(P(c2ccccc2)c2ccccc2)cc1. The summed E-state index contributed by atoms with van der Waals surface area (Å²) in [4.78, 5) is 0. The lowest BCUT2D eigenvalue weighted by Crippen LogP contribution is -2.20. The van der Waals surface area contributed by atoms with Crippen molar-refractivity contribution in [1.82, 2.24) is 0 Å². The number of benzene rings is 3. The molecule has 0 aromatic heterocycles. The smallest absolute Gasteiger partial charge is 0.0622 e. The Kier molecular flexibility index (Phi) is 8.66. The highest BCUT2D eigenvalue weighted by molar-refractivity contribution is 9.52. The molecule has 3 aromatic carbocycles. The minimum absolute atomic E-state index is 0.250. The summed E-state index contributed by atoms with van der Waals surface area (Å²) in [6.45, 7) is 0. The minimum atomic E-state index is -0.446. The van der Waals surface area contributed by atoms with E-state index in [4.69, 9.17) is 0 Å². The summed E-state index contributed by atoms with van der Waals surface area (Å²) in [5.41, 5.74) is 0. The van der Waals surface area contributed by atoms with E-state index in [1.165, 1.54) is 15.9 Å². The molecule has 0 bridgehead atoms. The molecule has 0 amide bonds. The largest absolute Gasteiger partial charge is 0.189 e. The molecule has 0 N–H and O–H groups in total.